The lowest BCUT2D eigenvalue weighted by Crippen LogP contribution is -2.43. The second-order valence-electron chi connectivity index (χ2n) is 10.7. The molecule has 4 unspecified atom stereocenters. The van der Waals surface area contributed by atoms with Crippen LogP contribution >= 0.6 is 0 Å². The van der Waals surface area contributed by atoms with E-state index in [-0.39, 0.29) is 57.4 Å². The van der Waals surface area contributed by atoms with Gasteiger partial charge < -0.3 is 39.4 Å². The van der Waals surface area contributed by atoms with E-state index in [0.29, 0.717) is 11.1 Å². The van der Waals surface area contributed by atoms with Crippen LogP contribution in [0.15, 0.2) is 42.0 Å². The molecular formula is C29H34N2O11. The van der Waals surface area contributed by atoms with E-state index in [2.05, 4.69) is 10.6 Å². The molecule has 2 aliphatic heterocycles. The van der Waals surface area contributed by atoms with Gasteiger partial charge in [-0.2, -0.15) is 0 Å². The highest BCUT2D eigenvalue weighted by atomic mass is 16.7. The number of esters is 3. The number of hydrogen-bond donors (Lipinski definition) is 3. The summed E-state index contributed by atoms with van der Waals surface area (Å²) < 4.78 is 27.1. The highest BCUT2D eigenvalue weighted by Gasteiger charge is 2.46. The molecule has 1 aromatic carbocycles. The van der Waals surface area contributed by atoms with Crippen molar-refractivity contribution in [3.8, 4) is 0 Å². The molecule has 1 aromatic rings. The smallest absolute Gasteiger partial charge is 0.348 e. The average molecular weight is 587 g/mol. The molecular weight excluding hydrogens is 552 g/mol. The molecule has 42 heavy (non-hydrogen) atoms. The minimum Gasteiger partial charge on any atom is -0.462 e. The Morgan fingerprint density at radius 3 is 2.67 bits per heavy atom. The van der Waals surface area contributed by atoms with Gasteiger partial charge in [-0.25, -0.2) is 14.4 Å². The lowest BCUT2D eigenvalue weighted by molar-refractivity contribution is -0.159. The van der Waals surface area contributed by atoms with Crippen LogP contribution in [-0.4, -0.2) is 92.3 Å². The van der Waals surface area contributed by atoms with Gasteiger partial charge in [0.05, 0.1) is 12.2 Å². The van der Waals surface area contributed by atoms with Crippen molar-refractivity contribution in [1.82, 2.24) is 10.6 Å². The molecule has 0 aromatic heterocycles. The summed E-state index contributed by atoms with van der Waals surface area (Å²) in [4.78, 5) is 61.7. The normalized spacial score (nSPS) is 24.4. The number of cyclic esters (lactones) is 1. The summed E-state index contributed by atoms with van der Waals surface area (Å²) in [5.41, 5.74) is 0.416. The molecule has 4 rings (SSSR count). The Morgan fingerprint density at radius 1 is 1.12 bits per heavy atom. The predicted octanol–water partition coefficient (Wildman–Crippen LogP) is 0.406. The van der Waals surface area contributed by atoms with E-state index in [4.69, 9.17) is 28.8 Å². The van der Waals surface area contributed by atoms with Gasteiger partial charge in [0.15, 0.2) is 0 Å². The topological polar surface area (TPSA) is 176 Å². The summed E-state index contributed by atoms with van der Waals surface area (Å²) in [6.45, 7) is 3.70. The fourth-order valence-corrected chi connectivity index (χ4v) is 4.64. The van der Waals surface area contributed by atoms with Crippen LogP contribution in [0.1, 0.15) is 42.6 Å². The van der Waals surface area contributed by atoms with Crippen LogP contribution in [0.25, 0.3) is 6.08 Å². The third-order valence-corrected chi connectivity index (χ3v) is 6.90. The zero-order valence-electron chi connectivity index (χ0n) is 23.3. The van der Waals surface area contributed by atoms with Gasteiger partial charge in [0.1, 0.15) is 31.7 Å². The third kappa shape index (κ3) is 7.81. The molecule has 4 atom stereocenters. The van der Waals surface area contributed by atoms with Gasteiger partial charge in [-0.3, -0.25) is 9.59 Å². The Balaban J connectivity index is 1.34. The summed E-state index contributed by atoms with van der Waals surface area (Å²) in [5, 5.41) is 13.9. The van der Waals surface area contributed by atoms with Crippen LogP contribution in [0.3, 0.4) is 0 Å². The molecule has 1 aliphatic carbocycles. The second-order valence-corrected chi connectivity index (χ2v) is 10.7. The highest BCUT2D eigenvalue weighted by molar-refractivity contribution is 5.95. The largest absolute Gasteiger partial charge is 0.462 e. The molecule has 3 N–H and O–H groups in total. The number of amides is 2. The van der Waals surface area contributed by atoms with Crippen molar-refractivity contribution in [1.29, 1.82) is 0 Å². The molecule has 3 aliphatic rings. The van der Waals surface area contributed by atoms with E-state index in [9.17, 15) is 24.0 Å². The lowest BCUT2D eigenvalue weighted by Gasteiger charge is -2.30. The number of carbonyl (C=O) groups is 5. The van der Waals surface area contributed by atoms with Crippen LogP contribution in [-0.2, 0) is 42.9 Å². The van der Waals surface area contributed by atoms with Gasteiger partial charge in [0.2, 0.25) is 17.9 Å². The fourth-order valence-electron chi connectivity index (χ4n) is 4.64. The van der Waals surface area contributed by atoms with E-state index in [1.165, 1.54) is 12.1 Å². The van der Waals surface area contributed by atoms with Gasteiger partial charge in [-0.05, 0) is 29.8 Å². The molecule has 0 radical (unpaired) electrons. The van der Waals surface area contributed by atoms with Crippen LogP contribution in [0.2, 0.25) is 0 Å². The summed E-state index contributed by atoms with van der Waals surface area (Å²) in [6, 6.07) is 6.37. The van der Waals surface area contributed by atoms with E-state index in [1.807, 2.05) is 0 Å². The number of benzene rings is 1. The molecule has 2 amide bonds. The molecule has 2 saturated heterocycles. The first-order valence-electron chi connectivity index (χ1n) is 13.5. The van der Waals surface area contributed by atoms with Crippen molar-refractivity contribution in [3.05, 3.63) is 53.1 Å². The summed E-state index contributed by atoms with van der Waals surface area (Å²) >= 11 is 0. The molecule has 0 bridgehead atoms. The third-order valence-electron chi connectivity index (χ3n) is 6.90. The Kier molecular flexibility index (Phi) is 10.1. The average Bonchev–Trinajstić information content (AvgIpc) is 3.55. The molecule has 226 valence electrons. The summed E-state index contributed by atoms with van der Waals surface area (Å²) in [7, 11) is 0. The number of rotatable bonds is 11. The first-order valence-corrected chi connectivity index (χ1v) is 13.5. The monoisotopic (exact) mass is 586 g/mol. The van der Waals surface area contributed by atoms with Crippen molar-refractivity contribution < 1.29 is 52.8 Å². The van der Waals surface area contributed by atoms with Crippen LogP contribution in [0.4, 0.5) is 0 Å². The van der Waals surface area contributed by atoms with Gasteiger partial charge in [0.25, 0.3) is 0 Å². The number of aliphatic hydroxyl groups excluding tert-OH is 1. The molecule has 2 fully saturated rings. The SMILES string of the molecule is CC1(C)COC(=O)C1OC(=O)C=Cc1cccc(C(=O)OC2CC(C(=O)NCCC(=O)NCCO)=CC3OCOC32)c1. The summed E-state index contributed by atoms with van der Waals surface area (Å²) in [6.07, 6.45) is 1.34. The zero-order chi connectivity index (χ0) is 30.3. The minimum atomic E-state index is -1.01. The Hall–Kier alpha value is -4.07. The number of hydrogen-bond acceptors (Lipinski definition) is 11. The van der Waals surface area contributed by atoms with E-state index in [1.54, 1.807) is 38.1 Å². The maximum absolute atomic E-state index is 13.1. The Labute approximate surface area is 242 Å². The second kappa shape index (κ2) is 13.7. The molecule has 0 saturated carbocycles. The Bertz CT molecular complexity index is 1270. The number of ether oxygens (including phenoxy) is 5. The quantitative estimate of drug-likeness (QED) is 0.186. The maximum Gasteiger partial charge on any atom is 0.348 e. The molecule has 0 spiro atoms. The van der Waals surface area contributed by atoms with Crippen LogP contribution < -0.4 is 10.6 Å². The first kappa shape index (κ1) is 30.9. The maximum atomic E-state index is 13.1. The van der Waals surface area contributed by atoms with Gasteiger partial charge in [-0.15, -0.1) is 0 Å². The van der Waals surface area contributed by atoms with Gasteiger partial charge in [0, 0.05) is 43.0 Å². The van der Waals surface area contributed by atoms with Gasteiger partial charge in [-0.1, -0.05) is 26.0 Å². The van der Waals surface area contributed by atoms with Crippen molar-refractivity contribution in [3.63, 3.8) is 0 Å². The van der Waals surface area contributed by atoms with E-state index in [0.717, 1.165) is 6.08 Å². The van der Waals surface area contributed by atoms with Crippen molar-refractivity contribution in [2.75, 3.05) is 33.1 Å². The number of carbonyl (C=O) groups excluding carboxylic acids is 5. The van der Waals surface area contributed by atoms with E-state index >= 15 is 0 Å². The number of aliphatic hydroxyl groups is 1. The number of nitrogens with one attached hydrogen (secondary N) is 2. The van der Waals surface area contributed by atoms with Crippen LogP contribution in [0.5, 0.6) is 0 Å². The lowest BCUT2D eigenvalue weighted by atomic mass is 9.90. The fraction of sp³-hybridized carbons (Fsp3) is 0.483. The summed E-state index contributed by atoms with van der Waals surface area (Å²) in [5.74, 6) is -2.71. The minimum absolute atomic E-state index is 0.0219. The standard InChI is InChI=1S/C29H34N2O11/c1-29(2)15-38-28(37)25(29)42-23(34)7-6-17-4-3-5-18(12-17)27(36)41-21-14-19(13-20-24(21)40-16-39-20)26(35)31-9-8-22(33)30-10-11-32/h3-7,12-13,20-21,24-25,32H,8-11,14-16H2,1-2H3,(H,30,33)(H,31,35). The van der Waals surface area contributed by atoms with Crippen molar-refractivity contribution in [2.24, 2.45) is 5.41 Å². The predicted molar refractivity (Wildman–Crippen MR) is 144 cm³/mol. The van der Waals surface area contributed by atoms with Gasteiger partial charge >= 0.3 is 17.9 Å². The van der Waals surface area contributed by atoms with E-state index < -0.39 is 53.6 Å². The molecule has 13 nitrogen and oxygen atoms in total. The highest BCUT2D eigenvalue weighted by Crippen LogP contribution is 2.32. The van der Waals surface area contributed by atoms with Crippen LogP contribution in [0, 0.1) is 5.41 Å². The molecule has 13 heteroatoms. The first-order chi connectivity index (χ1) is 20.1. The molecule has 2 heterocycles. The number of fused-ring (bicyclic) bond motifs is 1. The zero-order valence-corrected chi connectivity index (χ0v) is 23.3. The Morgan fingerprint density at radius 2 is 1.93 bits per heavy atom. The van der Waals surface area contributed by atoms with Crippen molar-refractivity contribution >= 4 is 35.8 Å². The van der Waals surface area contributed by atoms with Crippen molar-refractivity contribution in [2.45, 2.75) is 51.1 Å².